The van der Waals surface area contributed by atoms with Crippen LogP contribution in [0.1, 0.15) is 318 Å². The van der Waals surface area contributed by atoms with Crippen molar-refractivity contribution < 1.29 is 80.2 Å². The average molecular weight is 1240 g/mol. The fourth-order valence-electron chi connectivity index (χ4n) is 9.66. The first kappa shape index (κ1) is 82.1. The first-order valence-electron chi connectivity index (χ1n) is 33.8. The van der Waals surface area contributed by atoms with Crippen LogP contribution < -0.4 is 0 Å². The molecule has 0 saturated heterocycles. The third kappa shape index (κ3) is 59.0. The molecule has 0 fully saturated rings. The van der Waals surface area contributed by atoms with Crippen LogP contribution >= 0.6 is 15.6 Å². The zero-order valence-electron chi connectivity index (χ0n) is 54.4. The fourth-order valence-corrected chi connectivity index (χ4v) is 11.2. The van der Waals surface area contributed by atoms with Gasteiger partial charge in [0, 0.05) is 25.7 Å². The van der Waals surface area contributed by atoms with Crippen LogP contribution in [0.2, 0.25) is 0 Å². The Bertz CT molecular complexity index is 1660. The summed E-state index contributed by atoms with van der Waals surface area (Å²) in [6, 6.07) is 0. The molecule has 0 spiro atoms. The smallest absolute Gasteiger partial charge is 0.462 e. The summed E-state index contributed by atoms with van der Waals surface area (Å²) in [5.41, 5.74) is 0. The zero-order chi connectivity index (χ0) is 62.4. The second-order valence-corrected chi connectivity index (χ2v) is 27.8. The second kappa shape index (κ2) is 56.3. The van der Waals surface area contributed by atoms with Gasteiger partial charge in [0.1, 0.15) is 19.3 Å². The molecule has 0 aliphatic heterocycles. The maximum Gasteiger partial charge on any atom is 0.472 e. The van der Waals surface area contributed by atoms with Crippen LogP contribution in [0.25, 0.3) is 0 Å². The lowest BCUT2D eigenvalue weighted by Gasteiger charge is -2.21. The minimum Gasteiger partial charge on any atom is -0.462 e. The molecule has 0 aliphatic rings. The van der Waals surface area contributed by atoms with Gasteiger partial charge in [-0.2, -0.15) is 0 Å². The number of ether oxygens (including phenoxy) is 4. The van der Waals surface area contributed by atoms with Crippen molar-refractivity contribution in [1.82, 2.24) is 0 Å². The first-order valence-corrected chi connectivity index (χ1v) is 36.8. The van der Waals surface area contributed by atoms with E-state index in [0.29, 0.717) is 25.7 Å². The molecule has 3 N–H and O–H groups in total. The molecule has 19 heteroatoms. The van der Waals surface area contributed by atoms with Gasteiger partial charge in [-0.15, -0.1) is 0 Å². The third-order valence-electron chi connectivity index (χ3n) is 14.9. The van der Waals surface area contributed by atoms with Crippen LogP contribution in [0.5, 0.6) is 0 Å². The number of carbonyl (C=O) groups is 4. The molecule has 2 unspecified atom stereocenters. The number of hydrogen-bond acceptors (Lipinski definition) is 15. The molecule has 0 aromatic carbocycles. The van der Waals surface area contributed by atoms with Crippen molar-refractivity contribution in [3.8, 4) is 0 Å². The van der Waals surface area contributed by atoms with Gasteiger partial charge in [0.2, 0.25) is 0 Å². The minimum atomic E-state index is -4.95. The Kier molecular flexibility index (Phi) is 55.0. The van der Waals surface area contributed by atoms with E-state index in [0.717, 1.165) is 108 Å². The fraction of sp³-hybridized carbons (Fsp3) is 0.938. The van der Waals surface area contributed by atoms with Crippen molar-refractivity contribution in [2.24, 2.45) is 17.8 Å². The van der Waals surface area contributed by atoms with E-state index in [9.17, 15) is 43.2 Å². The van der Waals surface area contributed by atoms with Crippen molar-refractivity contribution in [2.75, 3.05) is 39.6 Å². The van der Waals surface area contributed by atoms with Crippen molar-refractivity contribution in [2.45, 2.75) is 336 Å². The van der Waals surface area contributed by atoms with Gasteiger partial charge in [-0.3, -0.25) is 37.3 Å². The number of carbonyl (C=O) groups excluding carboxylic acids is 4. The molecule has 0 amide bonds. The maximum atomic E-state index is 13.0. The van der Waals surface area contributed by atoms with E-state index in [1.54, 1.807) is 0 Å². The molecule has 0 heterocycles. The van der Waals surface area contributed by atoms with Crippen molar-refractivity contribution in [3.05, 3.63) is 0 Å². The summed E-state index contributed by atoms with van der Waals surface area (Å²) in [6.45, 7) is 11.7. The Balaban J connectivity index is 5.25. The molecule has 0 radical (unpaired) electrons. The van der Waals surface area contributed by atoms with E-state index in [2.05, 4.69) is 48.5 Å². The number of unbranched alkanes of at least 4 members (excludes halogenated alkanes) is 31. The van der Waals surface area contributed by atoms with Crippen molar-refractivity contribution in [1.29, 1.82) is 0 Å². The highest BCUT2D eigenvalue weighted by molar-refractivity contribution is 7.47. The normalized spacial score (nSPS) is 14.3. The summed E-state index contributed by atoms with van der Waals surface area (Å²) in [5.74, 6) is 0.0621. The Morgan fingerprint density at radius 1 is 0.321 bits per heavy atom. The molecule has 0 aliphatic carbocycles. The second-order valence-electron chi connectivity index (χ2n) is 24.9. The lowest BCUT2D eigenvalue weighted by molar-refractivity contribution is -0.161. The van der Waals surface area contributed by atoms with Crippen LogP contribution in [0, 0.1) is 17.8 Å². The van der Waals surface area contributed by atoms with Gasteiger partial charge in [-0.1, -0.05) is 267 Å². The highest BCUT2D eigenvalue weighted by atomic mass is 31.2. The largest absolute Gasteiger partial charge is 0.472 e. The molecular formula is C65H126O17P2. The van der Waals surface area contributed by atoms with Crippen molar-refractivity contribution >= 4 is 39.5 Å². The van der Waals surface area contributed by atoms with Crippen LogP contribution in [-0.2, 0) is 65.4 Å². The number of phosphoric acid groups is 2. The van der Waals surface area contributed by atoms with Crippen molar-refractivity contribution in [3.63, 3.8) is 0 Å². The summed E-state index contributed by atoms with van der Waals surface area (Å²) >= 11 is 0. The Morgan fingerprint density at radius 2 is 0.548 bits per heavy atom. The number of aliphatic hydroxyl groups excluding tert-OH is 1. The van der Waals surface area contributed by atoms with Crippen LogP contribution in [0.3, 0.4) is 0 Å². The summed E-state index contributed by atoms with van der Waals surface area (Å²) in [4.78, 5) is 72.2. The summed E-state index contributed by atoms with van der Waals surface area (Å²) in [5, 5.41) is 10.5. The number of hydrogen-bond donors (Lipinski definition) is 3. The molecule has 0 aromatic heterocycles. The predicted molar refractivity (Wildman–Crippen MR) is 335 cm³/mol. The minimum absolute atomic E-state index is 0.104. The number of esters is 4. The average Bonchev–Trinajstić information content (AvgIpc) is 3.58. The van der Waals surface area contributed by atoms with E-state index >= 15 is 0 Å². The molecule has 0 rings (SSSR count). The van der Waals surface area contributed by atoms with Gasteiger partial charge in [-0.25, -0.2) is 9.13 Å². The highest BCUT2D eigenvalue weighted by Gasteiger charge is 2.30. The van der Waals surface area contributed by atoms with Crippen LogP contribution in [0.4, 0.5) is 0 Å². The molecule has 0 saturated carbocycles. The lowest BCUT2D eigenvalue weighted by atomic mass is 10.0. The Morgan fingerprint density at radius 3 is 0.810 bits per heavy atom. The van der Waals surface area contributed by atoms with Crippen LogP contribution in [0.15, 0.2) is 0 Å². The molecule has 0 aromatic rings. The molecule has 0 bridgehead atoms. The number of rotatable bonds is 63. The first-order chi connectivity index (χ1) is 40.2. The molecule has 84 heavy (non-hydrogen) atoms. The predicted octanol–water partition coefficient (Wildman–Crippen LogP) is 17.9. The monoisotopic (exact) mass is 1240 g/mol. The van der Waals surface area contributed by atoms with Gasteiger partial charge in [-0.05, 0) is 43.4 Å². The zero-order valence-corrected chi connectivity index (χ0v) is 56.1. The van der Waals surface area contributed by atoms with Gasteiger partial charge >= 0.3 is 39.5 Å². The summed E-state index contributed by atoms with van der Waals surface area (Å²) in [7, 11) is -9.89. The lowest BCUT2D eigenvalue weighted by Crippen LogP contribution is -2.30. The molecular weight excluding hydrogens is 1110 g/mol. The van der Waals surface area contributed by atoms with E-state index in [-0.39, 0.29) is 25.7 Å². The van der Waals surface area contributed by atoms with Gasteiger partial charge in [0.15, 0.2) is 12.2 Å². The third-order valence-corrected chi connectivity index (χ3v) is 16.8. The quantitative estimate of drug-likeness (QED) is 0.0222. The van der Waals surface area contributed by atoms with Gasteiger partial charge in [0.05, 0.1) is 26.4 Å². The molecule has 498 valence electrons. The van der Waals surface area contributed by atoms with E-state index in [1.165, 1.54) is 128 Å². The number of aliphatic hydroxyl groups is 1. The Labute approximate surface area is 511 Å². The van der Waals surface area contributed by atoms with E-state index in [4.69, 9.17) is 37.0 Å². The van der Waals surface area contributed by atoms with Gasteiger partial charge < -0.3 is 33.8 Å². The van der Waals surface area contributed by atoms with Gasteiger partial charge in [0.25, 0.3) is 0 Å². The van der Waals surface area contributed by atoms with E-state index in [1.807, 2.05) is 0 Å². The van der Waals surface area contributed by atoms with E-state index < -0.39 is 97.5 Å². The Hall–Kier alpha value is -1.94. The SMILES string of the molecule is CCCCCCCCCCCC(=O)OC[C@H](COP(=O)(O)OC[C@H](O)COP(=O)(O)OC[C@@H](COC(=O)CCCCCCCCCCCC(C)C)OC(=O)CCCCCCCCCCCC(C)C)OC(=O)CCCCCCCCCCC(C)C. The molecule has 5 atom stereocenters. The van der Waals surface area contributed by atoms with Crippen LogP contribution in [-0.4, -0.2) is 96.7 Å². The highest BCUT2D eigenvalue weighted by Crippen LogP contribution is 2.45. The standard InChI is InChI=1S/C65H126O17P2/c1-8-9-10-11-12-15-25-32-39-46-62(67)75-52-61(82-65(70)49-42-35-28-21-20-24-31-38-45-58(6)7)55-80-84(73,74)78-51-59(66)50-77-83(71,72)79-54-60(81-64(69)48-41-34-27-19-14-17-23-30-37-44-57(4)5)53-76-63(68)47-40-33-26-18-13-16-22-29-36-43-56(2)3/h56-61,66H,8-55H2,1-7H3,(H,71,72)(H,73,74)/t59-,60-,61-/m1/s1. The number of phosphoric ester groups is 2. The molecule has 17 nitrogen and oxygen atoms in total. The topological polar surface area (TPSA) is 237 Å². The maximum absolute atomic E-state index is 13.0. The summed E-state index contributed by atoms with van der Waals surface area (Å²) in [6.07, 6.45) is 37.6. The summed E-state index contributed by atoms with van der Waals surface area (Å²) < 4.78 is 68.0.